The van der Waals surface area contributed by atoms with Gasteiger partial charge in [0.2, 0.25) is 0 Å². The van der Waals surface area contributed by atoms with Crippen LogP contribution in [-0.2, 0) is 0 Å². The maximum Gasteiger partial charge on any atom is 0.159 e. The molecule has 11 rings (SSSR count). The van der Waals surface area contributed by atoms with Crippen LogP contribution in [0.25, 0.3) is 54.6 Å². The quantitative estimate of drug-likeness (QED) is 0.177. The first-order chi connectivity index (χ1) is 28.7. The molecule has 0 saturated heterocycles. The van der Waals surface area contributed by atoms with E-state index in [1.54, 1.807) is 0 Å². The summed E-state index contributed by atoms with van der Waals surface area (Å²) in [7, 11) is 0. The first-order valence-electron chi connectivity index (χ1n) is 19.6. The summed E-state index contributed by atoms with van der Waals surface area (Å²) in [6.45, 7) is 0. The van der Waals surface area contributed by atoms with Crippen LogP contribution in [0.1, 0.15) is 22.9 Å². The van der Waals surface area contributed by atoms with Crippen molar-refractivity contribution in [2.24, 2.45) is 9.98 Å². The molecule has 1 N–H and O–H groups in total. The van der Waals surface area contributed by atoms with Crippen molar-refractivity contribution in [1.29, 1.82) is 0 Å². The van der Waals surface area contributed by atoms with Crippen LogP contribution in [0.3, 0.4) is 0 Å². The Kier molecular flexibility index (Phi) is 8.14. The van der Waals surface area contributed by atoms with E-state index in [4.69, 9.17) is 14.4 Å². The van der Waals surface area contributed by atoms with Gasteiger partial charge in [-0.05, 0) is 69.2 Å². The molecular formula is C53H36N4O. The molecule has 5 nitrogen and oxygen atoms in total. The molecule has 9 aromatic carbocycles. The molecule has 0 bridgehead atoms. The lowest BCUT2D eigenvalue weighted by atomic mass is 9.97. The van der Waals surface area contributed by atoms with E-state index in [0.29, 0.717) is 5.84 Å². The molecule has 1 aliphatic heterocycles. The van der Waals surface area contributed by atoms with Gasteiger partial charge < -0.3 is 14.6 Å². The molecule has 0 fully saturated rings. The molecule has 1 atom stereocenters. The SMILES string of the molecule is c1ccc(C2=NC(c3ccc4ccccc4c3)NC(c3cccc4oc5cc(N(c6ccccc6)c6ccc(-c7ccccc7)cc6)c6ccccc6c5c34)=N2)cc1. The molecule has 0 saturated carbocycles. The fraction of sp³-hybridized carbons (Fsp3) is 0.0189. The highest BCUT2D eigenvalue weighted by Gasteiger charge is 2.26. The minimum absolute atomic E-state index is 0.350. The minimum atomic E-state index is -0.350. The van der Waals surface area contributed by atoms with Crippen molar-refractivity contribution in [3.8, 4) is 11.1 Å². The van der Waals surface area contributed by atoms with E-state index in [9.17, 15) is 0 Å². The van der Waals surface area contributed by atoms with Gasteiger partial charge in [0.15, 0.2) is 5.84 Å². The van der Waals surface area contributed by atoms with Gasteiger partial charge in [-0.2, -0.15) is 0 Å². The van der Waals surface area contributed by atoms with Crippen LogP contribution in [0.4, 0.5) is 17.1 Å². The van der Waals surface area contributed by atoms with Crippen molar-refractivity contribution in [2.75, 3.05) is 4.90 Å². The van der Waals surface area contributed by atoms with Crippen LogP contribution in [0, 0.1) is 0 Å². The maximum atomic E-state index is 6.86. The van der Waals surface area contributed by atoms with Gasteiger partial charge in [-0.15, -0.1) is 0 Å². The summed E-state index contributed by atoms with van der Waals surface area (Å²) in [5.74, 6) is 1.43. The topological polar surface area (TPSA) is 53.1 Å². The standard InChI is InChI=1S/C53H36N4O/c1-4-15-35(16-5-1)37-29-31-42(32-30-37)57(41-21-8-3-9-22-41)46-34-48-49(44-24-13-12-23-43(44)46)50-45(25-14-26-47(50)58-48)53-55-51(38-18-6-2-7-19-38)54-52(56-53)40-28-27-36-17-10-11-20-39(36)33-40/h1-34,52H,(H,54,55,56). The van der Waals surface area contributed by atoms with E-state index in [2.05, 4.69) is 198 Å². The van der Waals surface area contributed by atoms with Crippen molar-refractivity contribution in [3.05, 3.63) is 223 Å². The van der Waals surface area contributed by atoms with E-state index in [1.807, 2.05) is 18.2 Å². The third-order valence-electron chi connectivity index (χ3n) is 11.1. The van der Waals surface area contributed by atoms with E-state index in [0.717, 1.165) is 72.3 Å². The van der Waals surface area contributed by atoms with Crippen molar-refractivity contribution in [1.82, 2.24) is 5.32 Å². The van der Waals surface area contributed by atoms with E-state index < -0.39 is 0 Å². The monoisotopic (exact) mass is 744 g/mol. The number of rotatable bonds is 7. The molecule has 1 unspecified atom stereocenters. The summed E-state index contributed by atoms with van der Waals surface area (Å²) in [6.07, 6.45) is -0.350. The number of fused-ring (bicyclic) bond motifs is 6. The van der Waals surface area contributed by atoms with Gasteiger partial charge in [-0.25, -0.2) is 9.98 Å². The molecular weight excluding hydrogens is 709 g/mol. The minimum Gasteiger partial charge on any atom is -0.456 e. The number of hydrogen-bond donors (Lipinski definition) is 1. The van der Waals surface area contributed by atoms with E-state index in [1.165, 1.54) is 21.9 Å². The Morgan fingerprint density at radius 1 is 0.466 bits per heavy atom. The summed E-state index contributed by atoms with van der Waals surface area (Å²) in [6, 6.07) is 72.2. The van der Waals surface area contributed by atoms with E-state index in [-0.39, 0.29) is 6.17 Å². The average molecular weight is 745 g/mol. The van der Waals surface area contributed by atoms with Gasteiger partial charge in [0.25, 0.3) is 0 Å². The zero-order chi connectivity index (χ0) is 38.4. The van der Waals surface area contributed by atoms with Gasteiger partial charge in [0.05, 0.1) is 5.69 Å². The third-order valence-corrected chi connectivity index (χ3v) is 11.1. The van der Waals surface area contributed by atoms with Crippen molar-refractivity contribution < 1.29 is 4.42 Å². The number of para-hydroxylation sites is 1. The predicted molar refractivity (Wildman–Crippen MR) is 241 cm³/mol. The number of furan rings is 1. The van der Waals surface area contributed by atoms with Gasteiger partial charge >= 0.3 is 0 Å². The summed E-state index contributed by atoms with van der Waals surface area (Å²) < 4.78 is 6.86. The molecule has 0 spiro atoms. The van der Waals surface area contributed by atoms with Gasteiger partial charge in [0, 0.05) is 44.7 Å². The zero-order valence-electron chi connectivity index (χ0n) is 31.5. The Labute approximate surface area is 335 Å². The summed E-state index contributed by atoms with van der Waals surface area (Å²) in [5.41, 5.74) is 10.1. The lowest BCUT2D eigenvalue weighted by molar-refractivity contribution is 0.668. The number of aliphatic imine (C=N–C) groups is 2. The van der Waals surface area contributed by atoms with Crippen molar-refractivity contribution >= 4 is 72.2 Å². The van der Waals surface area contributed by atoms with Crippen LogP contribution in [-0.4, -0.2) is 11.7 Å². The van der Waals surface area contributed by atoms with Gasteiger partial charge in [0.1, 0.15) is 23.2 Å². The highest BCUT2D eigenvalue weighted by molar-refractivity contribution is 6.28. The maximum absolute atomic E-state index is 6.86. The van der Waals surface area contributed by atoms with Crippen LogP contribution in [0.15, 0.2) is 221 Å². The fourth-order valence-electron chi connectivity index (χ4n) is 8.33. The molecule has 0 radical (unpaired) electrons. The largest absolute Gasteiger partial charge is 0.456 e. The lowest BCUT2D eigenvalue weighted by Crippen LogP contribution is -2.33. The lowest BCUT2D eigenvalue weighted by Gasteiger charge is -2.27. The van der Waals surface area contributed by atoms with Gasteiger partial charge in [-0.1, -0.05) is 164 Å². The fourth-order valence-corrected chi connectivity index (χ4v) is 8.33. The summed E-state index contributed by atoms with van der Waals surface area (Å²) in [4.78, 5) is 12.7. The van der Waals surface area contributed by atoms with Crippen molar-refractivity contribution in [3.63, 3.8) is 0 Å². The number of hydrogen-bond acceptors (Lipinski definition) is 5. The number of amidine groups is 2. The number of nitrogens with one attached hydrogen (secondary N) is 1. The smallest absolute Gasteiger partial charge is 0.159 e. The Morgan fingerprint density at radius 3 is 1.88 bits per heavy atom. The van der Waals surface area contributed by atoms with Gasteiger partial charge in [-0.3, -0.25) is 0 Å². The molecule has 1 aliphatic rings. The molecule has 5 heteroatoms. The number of nitrogens with zero attached hydrogens (tertiary/aromatic N) is 3. The summed E-state index contributed by atoms with van der Waals surface area (Å²) >= 11 is 0. The first-order valence-corrected chi connectivity index (χ1v) is 19.6. The Hall–Kier alpha value is -7.76. The molecule has 274 valence electrons. The van der Waals surface area contributed by atoms with Crippen LogP contribution in [0.5, 0.6) is 0 Å². The first kappa shape index (κ1) is 33.6. The van der Waals surface area contributed by atoms with Crippen molar-refractivity contribution in [2.45, 2.75) is 6.17 Å². The Morgan fingerprint density at radius 2 is 1.10 bits per heavy atom. The third kappa shape index (κ3) is 5.89. The highest BCUT2D eigenvalue weighted by Crippen LogP contribution is 2.45. The zero-order valence-corrected chi connectivity index (χ0v) is 31.5. The van der Waals surface area contributed by atoms with E-state index >= 15 is 0 Å². The molecule has 0 amide bonds. The van der Waals surface area contributed by atoms with Crippen LogP contribution < -0.4 is 10.2 Å². The van der Waals surface area contributed by atoms with Crippen LogP contribution >= 0.6 is 0 Å². The summed E-state index contributed by atoms with van der Waals surface area (Å²) in [5, 5.41) is 10.4. The molecule has 58 heavy (non-hydrogen) atoms. The second-order valence-corrected chi connectivity index (χ2v) is 14.6. The highest BCUT2D eigenvalue weighted by atomic mass is 16.3. The molecule has 10 aromatic rings. The molecule has 2 heterocycles. The Bertz CT molecular complexity index is 3190. The predicted octanol–water partition coefficient (Wildman–Crippen LogP) is 13.5. The number of anilines is 3. The Balaban J connectivity index is 1.09. The second kappa shape index (κ2) is 14.1. The molecule has 0 aliphatic carbocycles. The number of benzene rings is 9. The molecule has 1 aromatic heterocycles. The van der Waals surface area contributed by atoms with Crippen LogP contribution in [0.2, 0.25) is 0 Å². The average Bonchev–Trinajstić information content (AvgIpc) is 3.69. The second-order valence-electron chi connectivity index (χ2n) is 14.6. The normalized spacial score (nSPS) is 14.0.